The van der Waals surface area contributed by atoms with E-state index in [0.717, 1.165) is 16.6 Å². The molecule has 0 saturated carbocycles. The maximum Gasteiger partial charge on any atom is 0.251 e. The average molecular weight is 286 g/mol. The number of hydrogen-bond donors (Lipinski definition) is 2. The molecule has 1 heterocycles. The largest absolute Gasteiger partial charge is 0.390 e. The molecule has 2 N–H and O–H groups in total. The van der Waals surface area contributed by atoms with Gasteiger partial charge < -0.3 is 10.4 Å². The predicted octanol–water partition coefficient (Wildman–Crippen LogP) is 2.82. The van der Waals surface area contributed by atoms with Crippen molar-refractivity contribution in [2.45, 2.75) is 45.8 Å². The molecule has 21 heavy (non-hydrogen) atoms. The van der Waals surface area contributed by atoms with Gasteiger partial charge in [-0.15, -0.1) is 0 Å². The quantitative estimate of drug-likeness (QED) is 0.908. The molecule has 112 valence electrons. The van der Waals surface area contributed by atoms with Crippen molar-refractivity contribution in [3.05, 3.63) is 41.6 Å². The van der Waals surface area contributed by atoms with Crippen LogP contribution >= 0.6 is 0 Å². The van der Waals surface area contributed by atoms with Crippen molar-refractivity contribution < 1.29 is 9.90 Å². The average Bonchev–Trinajstić information content (AvgIpc) is 2.35. The monoisotopic (exact) mass is 286 g/mol. The SMILES string of the molecule is Cc1ccc2cc(C(=O)NC(C)CC(C)(C)O)ccc2n1. The molecular weight excluding hydrogens is 264 g/mol. The number of nitrogens with one attached hydrogen (secondary N) is 1. The summed E-state index contributed by atoms with van der Waals surface area (Å²) in [4.78, 5) is 16.7. The fourth-order valence-corrected chi connectivity index (χ4v) is 2.48. The van der Waals surface area contributed by atoms with E-state index >= 15 is 0 Å². The van der Waals surface area contributed by atoms with Crippen molar-refractivity contribution in [1.82, 2.24) is 10.3 Å². The van der Waals surface area contributed by atoms with Gasteiger partial charge in [0.1, 0.15) is 0 Å². The predicted molar refractivity (Wildman–Crippen MR) is 84.3 cm³/mol. The van der Waals surface area contributed by atoms with Crippen LogP contribution in [0.1, 0.15) is 43.2 Å². The Bertz CT molecular complexity index is 659. The first-order valence-electron chi connectivity index (χ1n) is 7.15. The van der Waals surface area contributed by atoms with Gasteiger partial charge in [0.05, 0.1) is 11.1 Å². The third-order valence-electron chi connectivity index (χ3n) is 3.27. The van der Waals surface area contributed by atoms with Crippen LogP contribution in [0.15, 0.2) is 30.3 Å². The van der Waals surface area contributed by atoms with E-state index in [1.54, 1.807) is 19.9 Å². The normalized spacial score (nSPS) is 13.2. The number of hydrogen-bond acceptors (Lipinski definition) is 3. The summed E-state index contributed by atoms with van der Waals surface area (Å²) >= 11 is 0. The number of fused-ring (bicyclic) bond motifs is 1. The van der Waals surface area contributed by atoms with Gasteiger partial charge in [-0.3, -0.25) is 9.78 Å². The molecule has 4 heteroatoms. The van der Waals surface area contributed by atoms with Gasteiger partial charge in [-0.25, -0.2) is 0 Å². The minimum atomic E-state index is -0.794. The molecule has 0 spiro atoms. The fraction of sp³-hybridized carbons (Fsp3) is 0.412. The van der Waals surface area contributed by atoms with Crippen LogP contribution < -0.4 is 5.32 Å². The van der Waals surface area contributed by atoms with Crippen LogP contribution in [0, 0.1) is 6.92 Å². The molecule has 2 rings (SSSR count). The number of carbonyl (C=O) groups is 1. The maximum atomic E-state index is 12.2. The van der Waals surface area contributed by atoms with Crippen molar-refractivity contribution >= 4 is 16.8 Å². The molecule has 0 radical (unpaired) electrons. The lowest BCUT2D eigenvalue weighted by Gasteiger charge is -2.23. The molecule has 0 fully saturated rings. The molecule has 0 aliphatic heterocycles. The number of aromatic nitrogens is 1. The van der Waals surface area contributed by atoms with Crippen LogP contribution in [0.25, 0.3) is 10.9 Å². The van der Waals surface area contributed by atoms with Crippen molar-refractivity contribution in [3.63, 3.8) is 0 Å². The summed E-state index contributed by atoms with van der Waals surface area (Å²) in [6, 6.07) is 9.28. The number of pyridine rings is 1. The van der Waals surface area contributed by atoms with Gasteiger partial charge in [0, 0.05) is 22.7 Å². The zero-order valence-corrected chi connectivity index (χ0v) is 13.0. The highest BCUT2D eigenvalue weighted by Crippen LogP contribution is 2.16. The first kappa shape index (κ1) is 15.4. The van der Waals surface area contributed by atoms with E-state index in [-0.39, 0.29) is 11.9 Å². The number of nitrogens with zero attached hydrogens (tertiary/aromatic N) is 1. The molecule has 2 aromatic rings. The van der Waals surface area contributed by atoms with Crippen molar-refractivity contribution in [2.75, 3.05) is 0 Å². The van der Waals surface area contributed by atoms with E-state index in [1.807, 2.05) is 38.1 Å². The van der Waals surface area contributed by atoms with Crippen LogP contribution in [0.3, 0.4) is 0 Å². The number of benzene rings is 1. The minimum absolute atomic E-state index is 0.0932. The Hall–Kier alpha value is -1.94. The molecule has 1 amide bonds. The van der Waals surface area contributed by atoms with Crippen molar-refractivity contribution in [2.24, 2.45) is 0 Å². The smallest absolute Gasteiger partial charge is 0.251 e. The Balaban J connectivity index is 2.14. The van der Waals surface area contributed by atoms with E-state index in [2.05, 4.69) is 10.3 Å². The summed E-state index contributed by atoms with van der Waals surface area (Å²) in [5.41, 5.74) is 1.66. The molecule has 1 aromatic carbocycles. The molecule has 0 bridgehead atoms. The third-order valence-corrected chi connectivity index (χ3v) is 3.27. The van der Waals surface area contributed by atoms with E-state index in [1.165, 1.54) is 0 Å². The highest BCUT2D eigenvalue weighted by Gasteiger charge is 2.19. The Labute approximate surface area is 125 Å². The van der Waals surface area contributed by atoms with E-state index in [4.69, 9.17) is 0 Å². The van der Waals surface area contributed by atoms with Crippen LogP contribution in [0.2, 0.25) is 0 Å². The van der Waals surface area contributed by atoms with Gasteiger partial charge in [0.25, 0.3) is 5.91 Å². The Morgan fingerprint density at radius 1 is 1.33 bits per heavy atom. The van der Waals surface area contributed by atoms with Crippen LogP contribution in [-0.2, 0) is 0 Å². The van der Waals surface area contributed by atoms with E-state index in [9.17, 15) is 9.90 Å². The molecule has 0 aliphatic carbocycles. The Morgan fingerprint density at radius 3 is 2.71 bits per heavy atom. The number of carbonyl (C=O) groups excluding carboxylic acids is 1. The zero-order chi connectivity index (χ0) is 15.6. The molecule has 4 nitrogen and oxygen atoms in total. The van der Waals surface area contributed by atoms with Gasteiger partial charge >= 0.3 is 0 Å². The Kier molecular flexibility index (Phi) is 4.28. The lowest BCUT2D eigenvalue weighted by Crippen LogP contribution is -2.38. The molecule has 1 unspecified atom stereocenters. The van der Waals surface area contributed by atoms with Gasteiger partial charge in [0.15, 0.2) is 0 Å². The van der Waals surface area contributed by atoms with Crippen LogP contribution in [0.4, 0.5) is 0 Å². The molecule has 0 aliphatic rings. The molecule has 1 atom stereocenters. The number of amides is 1. The second-order valence-electron chi connectivity index (χ2n) is 6.25. The standard InChI is InChI=1S/C17H22N2O2/c1-11-5-6-13-9-14(7-8-15(13)18-11)16(20)19-12(2)10-17(3,4)21/h5-9,12,21H,10H2,1-4H3,(H,19,20). The summed E-state index contributed by atoms with van der Waals surface area (Å²) in [7, 11) is 0. The van der Waals surface area contributed by atoms with Gasteiger partial charge in [0.2, 0.25) is 0 Å². The summed E-state index contributed by atoms with van der Waals surface area (Å²) in [5.74, 6) is -0.130. The first-order valence-corrected chi connectivity index (χ1v) is 7.15. The number of rotatable bonds is 4. The maximum absolute atomic E-state index is 12.2. The minimum Gasteiger partial charge on any atom is -0.390 e. The summed E-state index contributed by atoms with van der Waals surface area (Å²) in [6.45, 7) is 7.31. The van der Waals surface area contributed by atoms with Gasteiger partial charge in [-0.2, -0.15) is 0 Å². The summed E-state index contributed by atoms with van der Waals surface area (Å²) < 4.78 is 0. The molecule has 0 saturated heterocycles. The third kappa shape index (κ3) is 4.26. The zero-order valence-electron chi connectivity index (χ0n) is 13.0. The van der Waals surface area contributed by atoms with Crippen LogP contribution in [0.5, 0.6) is 0 Å². The molecular formula is C17H22N2O2. The summed E-state index contributed by atoms with van der Waals surface area (Å²) in [6.07, 6.45) is 0.507. The number of aryl methyl sites for hydroxylation is 1. The fourth-order valence-electron chi connectivity index (χ4n) is 2.48. The lowest BCUT2D eigenvalue weighted by atomic mass is 10.00. The highest BCUT2D eigenvalue weighted by molar-refractivity contribution is 5.98. The Morgan fingerprint density at radius 2 is 2.05 bits per heavy atom. The van der Waals surface area contributed by atoms with Crippen LogP contribution in [-0.4, -0.2) is 27.6 Å². The van der Waals surface area contributed by atoms with E-state index in [0.29, 0.717) is 12.0 Å². The van der Waals surface area contributed by atoms with Crippen molar-refractivity contribution in [1.29, 1.82) is 0 Å². The lowest BCUT2D eigenvalue weighted by molar-refractivity contribution is 0.0593. The van der Waals surface area contributed by atoms with Crippen molar-refractivity contribution in [3.8, 4) is 0 Å². The topological polar surface area (TPSA) is 62.2 Å². The second-order valence-corrected chi connectivity index (χ2v) is 6.25. The van der Waals surface area contributed by atoms with Gasteiger partial charge in [-0.05, 0) is 58.4 Å². The highest BCUT2D eigenvalue weighted by atomic mass is 16.3. The molecule has 1 aromatic heterocycles. The second kappa shape index (κ2) is 5.82. The number of aliphatic hydroxyl groups is 1. The van der Waals surface area contributed by atoms with Gasteiger partial charge in [-0.1, -0.05) is 6.07 Å². The summed E-state index contributed by atoms with van der Waals surface area (Å²) in [5, 5.41) is 13.6. The van der Waals surface area contributed by atoms with E-state index < -0.39 is 5.60 Å². The first-order chi connectivity index (χ1) is 9.74.